The summed E-state index contributed by atoms with van der Waals surface area (Å²) >= 11 is 11.9. The van der Waals surface area contributed by atoms with Gasteiger partial charge in [0.05, 0.1) is 16.4 Å². The zero-order valence-corrected chi connectivity index (χ0v) is 17.8. The average Bonchev–Trinajstić information content (AvgIpc) is 3.14. The molecule has 9 heteroatoms. The molecule has 3 aromatic rings. The fourth-order valence-corrected chi connectivity index (χ4v) is 3.99. The first-order valence-corrected chi connectivity index (χ1v) is 10.5. The topological polar surface area (TPSA) is 73.2 Å². The number of amides is 1. The van der Waals surface area contributed by atoms with Crippen molar-refractivity contribution in [3.05, 3.63) is 75.3 Å². The van der Waals surface area contributed by atoms with Crippen LogP contribution in [-0.2, 0) is 22.4 Å². The van der Waals surface area contributed by atoms with E-state index in [0.29, 0.717) is 22.8 Å². The lowest BCUT2D eigenvalue weighted by Gasteiger charge is -2.14. The van der Waals surface area contributed by atoms with E-state index in [4.69, 9.17) is 27.9 Å². The molecule has 0 fully saturated rings. The minimum absolute atomic E-state index is 0.177. The molecule has 1 aliphatic carbocycles. The second-order valence-corrected chi connectivity index (χ2v) is 7.96. The molecule has 160 valence electrons. The van der Waals surface area contributed by atoms with E-state index in [1.807, 2.05) is 0 Å². The van der Waals surface area contributed by atoms with Crippen molar-refractivity contribution in [2.45, 2.75) is 25.7 Å². The van der Waals surface area contributed by atoms with E-state index < -0.39 is 18.5 Å². The van der Waals surface area contributed by atoms with Gasteiger partial charge < -0.3 is 10.1 Å². The number of nitrogens with one attached hydrogen (secondary N) is 1. The van der Waals surface area contributed by atoms with Crippen LogP contribution in [0.2, 0.25) is 10.0 Å². The van der Waals surface area contributed by atoms with Gasteiger partial charge in [0.1, 0.15) is 5.82 Å². The number of carbonyl (C=O) groups excluding carboxylic acids is 2. The van der Waals surface area contributed by atoms with E-state index in [1.54, 1.807) is 28.9 Å². The summed E-state index contributed by atoms with van der Waals surface area (Å²) in [6, 6.07) is 10.5. The summed E-state index contributed by atoms with van der Waals surface area (Å²) in [5.74, 6) is -1.57. The molecule has 0 unspecified atom stereocenters. The van der Waals surface area contributed by atoms with Gasteiger partial charge in [-0.15, -0.1) is 0 Å². The average molecular weight is 462 g/mol. The van der Waals surface area contributed by atoms with Crippen molar-refractivity contribution in [2.75, 3.05) is 11.9 Å². The predicted molar refractivity (Wildman–Crippen MR) is 116 cm³/mol. The highest BCUT2D eigenvalue weighted by atomic mass is 35.5. The van der Waals surface area contributed by atoms with E-state index in [1.165, 1.54) is 18.2 Å². The Hall–Kier alpha value is -2.90. The van der Waals surface area contributed by atoms with Crippen molar-refractivity contribution in [3.63, 3.8) is 0 Å². The molecule has 1 aromatic heterocycles. The molecule has 31 heavy (non-hydrogen) atoms. The van der Waals surface area contributed by atoms with Crippen molar-refractivity contribution in [1.29, 1.82) is 0 Å². The van der Waals surface area contributed by atoms with Crippen LogP contribution in [0.15, 0.2) is 42.5 Å². The number of fused-ring (bicyclic) bond motifs is 1. The number of benzene rings is 2. The Morgan fingerprint density at radius 3 is 2.58 bits per heavy atom. The third-order valence-corrected chi connectivity index (χ3v) is 5.53. The van der Waals surface area contributed by atoms with E-state index in [0.717, 1.165) is 30.5 Å². The largest absolute Gasteiger partial charge is 0.451 e. The van der Waals surface area contributed by atoms with Crippen LogP contribution in [0.4, 0.5) is 10.1 Å². The van der Waals surface area contributed by atoms with Gasteiger partial charge in [0.25, 0.3) is 5.91 Å². The second-order valence-electron chi connectivity index (χ2n) is 7.12. The van der Waals surface area contributed by atoms with Gasteiger partial charge in [-0.05, 0) is 68.1 Å². The molecule has 4 rings (SSSR count). The first-order chi connectivity index (χ1) is 14.9. The number of ether oxygens (including phenoxy) is 1. The molecule has 0 atom stereocenters. The maximum Gasteiger partial charge on any atom is 0.359 e. The normalized spacial score (nSPS) is 12.9. The third kappa shape index (κ3) is 4.73. The molecule has 0 radical (unpaired) electrons. The summed E-state index contributed by atoms with van der Waals surface area (Å²) in [6.45, 7) is -0.490. The molecule has 2 aromatic carbocycles. The molecule has 0 aliphatic heterocycles. The lowest BCUT2D eigenvalue weighted by molar-refractivity contribution is -0.119. The van der Waals surface area contributed by atoms with Gasteiger partial charge in [0.2, 0.25) is 0 Å². The van der Waals surface area contributed by atoms with Crippen LogP contribution in [0.3, 0.4) is 0 Å². The monoisotopic (exact) mass is 461 g/mol. The molecule has 1 amide bonds. The minimum Gasteiger partial charge on any atom is -0.451 e. The van der Waals surface area contributed by atoms with Gasteiger partial charge in [-0.1, -0.05) is 23.2 Å². The van der Waals surface area contributed by atoms with Crippen LogP contribution < -0.4 is 5.32 Å². The molecule has 1 aliphatic rings. The summed E-state index contributed by atoms with van der Waals surface area (Å²) in [6.07, 6.45) is 3.34. The Morgan fingerprint density at radius 2 is 1.84 bits per heavy atom. The van der Waals surface area contributed by atoms with E-state index in [9.17, 15) is 14.0 Å². The predicted octanol–water partition coefficient (Wildman–Crippen LogP) is 4.99. The fourth-order valence-electron chi connectivity index (χ4n) is 3.54. The van der Waals surface area contributed by atoms with Crippen LogP contribution in [0.1, 0.15) is 34.6 Å². The van der Waals surface area contributed by atoms with Gasteiger partial charge in [-0.3, -0.25) is 4.79 Å². The van der Waals surface area contributed by atoms with Crippen LogP contribution in [-0.4, -0.2) is 28.3 Å². The van der Waals surface area contributed by atoms with Gasteiger partial charge in [0.15, 0.2) is 12.3 Å². The van der Waals surface area contributed by atoms with Crippen LogP contribution >= 0.6 is 23.2 Å². The highest BCUT2D eigenvalue weighted by Crippen LogP contribution is 2.28. The number of hydrogen-bond acceptors (Lipinski definition) is 4. The smallest absolute Gasteiger partial charge is 0.359 e. The number of anilines is 1. The van der Waals surface area contributed by atoms with Crippen molar-refractivity contribution in [1.82, 2.24) is 9.78 Å². The van der Waals surface area contributed by atoms with Gasteiger partial charge in [-0.25, -0.2) is 13.9 Å². The maximum absolute atomic E-state index is 13.3. The fraction of sp³-hybridized carbons (Fsp3) is 0.227. The van der Waals surface area contributed by atoms with Gasteiger partial charge >= 0.3 is 5.97 Å². The number of halogens is 3. The molecular formula is C22H18Cl2FN3O3. The summed E-state index contributed by atoms with van der Waals surface area (Å²) < 4.78 is 20.2. The molecule has 6 nitrogen and oxygen atoms in total. The zero-order valence-electron chi connectivity index (χ0n) is 16.3. The van der Waals surface area contributed by atoms with Crippen molar-refractivity contribution in [2.24, 2.45) is 0 Å². The highest BCUT2D eigenvalue weighted by Gasteiger charge is 2.27. The lowest BCUT2D eigenvalue weighted by atomic mass is 9.95. The van der Waals surface area contributed by atoms with Crippen LogP contribution in [0.25, 0.3) is 5.69 Å². The van der Waals surface area contributed by atoms with Gasteiger partial charge in [0, 0.05) is 16.3 Å². The van der Waals surface area contributed by atoms with Crippen molar-refractivity contribution >= 4 is 40.8 Å². The quantitative estimate of drug-likeness (QED) is 0.543. The summed E-state index contributed by atoms with van der Waals surface area (Å²) in [4.78, 5) is 24.9. The van der Waals surface area contributed by atoms with E-state index in [-0.39, 0.29) is 16.5 Å². The molecular weight excluding hydrogens is 444 g/mol. The standard InChI is InChI=1S/C22H18Cl2FN3O3/c23-13-5-10-18(17(24)11-13)26-20(29)12-31-22(30)21-16-3-1-2-4-19(16)28(27-21)15-8-6-14(25)7-9-15/h5-11H,1-4,12H2,(H,26,29). The maximum atomic E-state index is 13.3. The molecule has 0 spiro atoms. The molecule has 1 N–H and O–H groups in total. The number of nitrogens with zero attached hydrogens (tertiary/aromatic N) is 2. The third-order valence-electron chi connectivity index (χ3n) is 4.98. The Kier molecular flexibility index (Phi) is 6.25. The Balaban J connectivity index is 1.49. The Bertz CT molecular complexity index is 1150. The summed E-state index contributed by atoms with van der Waals surface area (Å²) in [7, 11) is 0. The number of aromatic nitrogens is 2. The van der Waals surface area contributed by atoms with E-state index in [2.05, 4.69) is 10.4 Å². The van der Waals surface area contributed by atoms with Gasteiger partial charge in [-0.2, -0.15) is 5.10 Å². The Labute approximate surface area is 187 Å². The highest BCUT2D eigenvalue weighted by molar-refractivity contribution is 6.36. The lowest BCUT2D eigenvalue weighted by Crippen LogP contribution is -2.22. The van der Waals surface area contributed by atoms with Crippen LogP contribution in [0.5, 0.6) is 0 Å². The molecule has 0 bridgehead atoms. The second kappa shape index (κ2) is 9.08. The zero-order chi connectivity index (χ0) is 22.0. The van der Waals surface area contributed by atoms with Crippen molar-refractivity contribution in [3.8, 4) is 5.69 Å². The number of hydrogen-bond donors (Lipinski definition) is 1. The van der Waals surface area contributed by atoms with E-state index >= 15 is 0 Å². The number of esters is 1. The summed E-state index contributed by atoms with van der Waals surface area (Å²) in [5, 5.41) is 7.72. The van der Waals surface area contributed by atoms with Crippen molar-refractivity contribution < 1.29 is 18.7 Å². The number of carbonyl (C=O) groups is 2. The molecule has 1 heterocycles. The summed E-state index contributed by atoms with van der Waals surface area (Å²) in [5.41, 5.74) is 2.92. The first-order valence-electron chi connectivity index (χ1n) is 9.71. The minimum atomic E-state index is -0.684. The Morgan fingerprint density at radius 1 is 1.10 bits per heavy atom. The molecule has 0 saturated carbocycles. The molecule has 0 saturated heterocycles. The SMILES string of the molecule is O=C(COC(=O)c1nn(-c2ccc(F)cc2)c2c1CCCC2)Nc1ccc(Cl)cc1Cl. The first kappa shape index (κ1) is 21.3. The van der Waals surface area contributed by atoms with Crippen LogP contribution in [0, 0.1) is 5.82 Å². The number of rotatable bonds is 5.